The van der Waals surface area contributed by atoms with Gasteiger partial charge >= 0.3 is 0 Å². The minimum absolute atomic E-state index is 0.258. The molecule has 2 heterocycles. The van der Waals surface area contributed by atoms with E-state index in [1.807, 2.05) is 24.3 Å². The van der Waals surface area contributed by atoms with Gasteiger partial charge in [-0.05, 0) is 54.1 Å². The number of carbonyl (C=O) groups excluding carboxylic acids is 1. The van der Waals surface area contributed by atoms with Gasteiger partial charge in [-0.25, -0.2) is 4.98 Å². The second-order valence-electron chi connectivity index (χ2n) is 6.42. The third-order valence-electron chi connectivity index (χ3n) is 4.21. The van der Waals surface area contributed by atoms with Crippen molar-refractivity contribution in [3.63, 3.8) is 0 Å². The Bertz CT molecular complexity index is 1200. The highest BCUT2D eigenvalue weighted by molar-refractivity contribution is 7.98. The van der Waals surface area contributed by atoms with E-state index in [-0.39, 0.29) is 5.91 Å². The van der Waals surface area contributed by atoms with E-state index < -0.39 is 0 Å². The molecule has 1 amide bonds. The summed E-state index contributed by atoms with van der Waals surface area (Å²) in [7, 11) is 0. The molecular weight excluding hydrogens is 455 g/mol. The lowest BCUT2D eigenvalue weighted by molar-refractivity contribution is -0.111. The van der Waals surface area contributed by atoms with E-state index in [9.17, 15) is 4.79 Å². The number of halogens is 2. The average Bonchev–Trinajstić information content (AvgIpc) is 3.44. The number of carbonyl (C=O) groups is 1. The highest BCUT2D eigenvalue weighted by Crippen LogP contribution is 2.31. The molecular formula is C22H16Cl2N4O2S. The monoisotopic (exact) mass is 470 g/mol. The van der Waals surface area contributed by atoms with Crippen molar-refractivity contribution in [3.05, 3.63) is 88.4 Å². The molecule has 4 rings (SSSR count). The third kappa shape index (κ3) is 5.79. The van der Waals surface area contributed by atoms with E-state index >= 15 is 0 Å². The number of amides is 1. The molecule has 0 bridgehead atoms. The van der Waals surface area contributed by atoms with Gasteiger partial charge in [0.2, 0.25) is 5.91 Å². The summed E-state index contributed by atoms with van der Waals surface area (Å²) in [6.07, 6.45) is 4.50. The summed E-state index contributed by atoms with van der Waals surface area (Å²) < 4.78 is 5.76. The number of furan rings is 1. The van der Waals surface area contributed by atoms with Crippen molar-refractivity contribution in [2.75, 3.05) is 5.32 Å². The minimum atomic E-state index is -0.258. The van der Waals surface area contributed by atoms with Gasteiger partial charge in [0.05, 0.1) is 5.02 Å². The maximum absolute atomic E-state index is 12.2. The summed E-state index contributed by atoms with van der Waals surface area (Å²) in [5.74, 6) is 1.63. The highest BCUT2D eigenvalue weighted by atomic mass is 35.5. The predicted octanol–water partition coefficient (Wildman–Crippen LogP) is 6.32. The number of anilines is 1. The van der Waals surface area contributed by atoms with Crippen LogP contribution in [0.3, 0.4) is 0 Å². The van der Waals surface area contributed by atoms with Crippen LogP contribution in [0.15, 0.2) is 76.6 Å². The first kappa shape index (κ1) is 21.2. The number of nitrogens with zero attached hydrogens (tertiary/aromatic N) is 2. The molecule has 2 N–H and O–H groups in total. The van der Waals surface area contributed by atoms with Gasteiger partial charge < -0.3 is 9.73 Å². The summed E-state index contributed by atoms with van der Waals surface area (Å²) in [6.45, 7) is 0. The number of aromatic amines is 1. The quantitative estimate of drug-likeness (QED) is 0.244. The largest absolute Gasteiger partial charge is 0.457 e. The van der Waals surface area contributed by atoms with E-state index in [2.05, 4.69) is 20.5 Å². The van der Waals surface area contributed by atoms with E-state index in [4.69, 9.17) is 27.6 Å². The van der Waals surface area contributed by atoms with Gasteiger partial charge in [0.25, 0.3) is 0 Å². The summed E-state index contributed by atoms with van der Waals surface area (Å²) in [6, 6.07) is 16.4. The number of thioether (sulfide) groups is 1. The number of aromatic nitrogens is 3. The molecule has 0 aliphatic rings. The smallest absolute Gasteiger partial charge is 0.248 e. The van der Waals surface area contributed by atoms with Gasteiger partial charge in [0.15, 0.2) is 5.16 Å². The minimum Gasteiger partial charge on any atom is -0.457 e. The van der Waals surface area contributed by atoms with Crippen LogP contribution in [0.25, 0.3) is 17.4 Å². The number of hydrogen-bond acceptors (Lipinski definition) is 5. The fourth-order valence-corrected chi connectivity index (χ4v) is 3.95. The molecule has 4 aromatic rings. The molecule has 2 aromatic heterocycles. The van der Waals surface area contributed by atoms with E-state index in [0.717, 1.165) is 22.0 Å². The van der Waals surface area contributed by atoms with Crippen molar-refractivity contribution in [2.45, 2.75) is 10.9 Å². The molecule has 0 unspecified atom stereocenters. The van der Waals surface area contributed by atoms with Gasteiger partial charge in [-0.2, -0.15) is 5.10 Å². The van der Waals surface area contributed by atoms with Crippen LogP contribution in [0.5, 0.6) is 0 Å². The second-order valence-corrected chi connectivity index (χ2v) is 8.23. The normalized spacial score (nSPS) is 11.2. The molecule has 0 saturated heterocycles. The van der Waals surface area contributed by atoms with Gasteiger partial charge in [-0.1, -0.05) is 47.1 Å². The van der Waals surface area contributed by atoms with Crippen LogP contribution in [0.2, 0.25) is 10.0 Å². The average molecular weight is 471 g/mol. The lowest BCUT2D eigenvalue weighted by Crippen LogP contribution is -2.07. The van der Waals surface area contributed by atoms with Gasteiger partial charge in [0.1, 0.15) is 17.8 Å². The Morgan fingerprint density at radius 1 is 1.13 bits per heavy atom. The van der Waals surface area contributed by atoms with Gasteiger partial charge in [-0.15, -0.1) is 0 Å². The topological polar surface area (TPSA) is 83.8 Å². The number of hydrogen-bond donors (Lipinski definition) is 2. The van der Waals surface area contributed by atoms with Crippen LogP contribution in [0, 0.1) is 0 Å². The van der Waals surface area contributed by atoms with Crippen LogP contribution in [0.1, 0.15) is 11.3 Å². The summed E-state index contributed by atoms with van der Waals surface area (Å²) in [5.41, 5.74) is 2.55. The first-order valence-electron chi connectivity index (χ1n) is 9.18. The lowest BCUT2D eigenvalue weighted by Gasteiger charge is -2.04. The Kier molecular flexibility index (Phi) is 6.76. The molecule has 0 saturated carbocycles. The Morgan fingerprint density at radius 2 is 1.97 bits per heavy atom. The Hall–Kier alpha value is -3.00. The molecule has 9 heteroatoms. The number of rotatable bonds is 7. The Morgan fingerprint density at radius 3 is 2.71 bits per heavy atom. The maximum atomic E-state index is 12.2. The zero-order valence-electron chi connectivity index (χ0n) is 16.0. The van der Waals surface area contributed by atoms with Crippen molar-refractivity contribution in [3.8, 4) is 11.3 Å². The van der Waals surface area contributed by atoms with E-state index in [1.165, 1.54) is 12.4 Å². The zero-order chi connectivity index (χ0) is 21.6. The van der Waals surface area contributed by atoms with Crippen LogP contribution in [-0.2, 0) is 10.5 Å². The van der Waals surface area contributed by atoms with Crippen LogP contribution in [0.4, 0.5) is 5.69 Å². The van der Waals surface area contributed by atoms with E-state index in [0.29, 0.717) is 27.3 Å². The van der Waals surface area contributed by atoms with Gasteiger partial charge in [0, 0.05) is 28.1 Å². The summed E-state index contributed by atoms with van der Waals surface area (Å²) >= 11 is 13.7. The first-order valence-corrected chi connectivity index (χ1v) is 10.9. The number of nitrogens with one attached hydrogen (secondary N) is 2. The third-order valence-corrected chi connectivity index (χ3v) is 5.71. The predicted molar refractivity (Wildman–Crippen MR) is 124 cm³/mol. The standard InChI is InChI=1S/C22H16Cl2N4O2S/c23-15-3-8-18(19(24)11-15)20-9-6-17(30-20)7-10-21(29)27-16-4-1-14(2-5-16)12-31-22-25-13-26-28-22/h1-11,13H,12H2,(H,27,29)(H,25,26,28)/b10-7+. The van der Waals surface area contributed by atoms with Crippen LogP contribution in [-0.4, -0.2) is 21.1 Å². The van der Waals surface area contributed by atoms with Gasteiger partial charge in [-0.3, -0.25) is 9.89 Å². The van der Waals surface area contributed by atoms with Crippen LogP contribution >= 0.6 is 35.0 Å². The molecule has 0 atom stereocenters. The molecule has 156 valence electrons. The zero-order valence-corrected chi connectivity index (χ0v) is 18.3. The molecule has 0 aliphatic heterocycles. The first-order chi connectivity index (χ1) is 15.1. The SMILES string of the molecule is O=C(/C=C/c1ccc(-c2ccc(Cl)cc2Cl)o1)Nc1ccc(CSc2ncn[nH]2)cc1. The maximum Gasteiger partial charge on any atom is 0.248 e. The Labute approximate surface area is 192 Å². The fraction of sp³-hybridized carbons (Fsp3) is 0.0455. The molecule has 0 spiro atoms. The molecule has 31 heavy (non-hydrogen) atoms. The molecule has 2 aromatic carbocycles. The van der Waals surface area contributed by atoms with Crippen LogP contribution < -0.4 is 5.32 Å². The Balaban J connectivity index is 1.33. The van der Waals surface area contributed by atoms with Crippen molar-refractivity contribution in [1.29, 1.82) is 0 Å². The van der Waals surface area contributed by atoms with Crippen molar-refractivity contribution in [2.24, 2.45) is 0 Å². The molecule has 6 nitrogen and oxygen atoms in total. The summed E-state index contributed by atoms with van der Waals surface area (Å²) in [4.78, 5) is 16.3. The van der Waals surface area contributed by atoms with E-state index in [1.54, 1.807) is 48.2 Å². The van der Waals surface area contributed by atoms with Crippen molar-refractivity contribution < 1.29 is 9.21 Å². The second kappa shape index (κ2) is 9.87. The van der Waals surface area contributed by atoms with Crippen molar-refractivity contribution >= 4 is 52.6 Å². The molecule has 0 aliphatic carbocycles. The molecule has 0 fully saturated rings. The highest BCUT2D eigenvalue weighted by Gasteiger charge is 2.08. The fourth-order valence-electron chi connectivity index (χ4n) is 2.72. The number of H-pyrrole nitrogens is 1. The molecule has 0 radical (unpaired) electrons. The summed E-state index contributed by atoms with van der Waals surface area (Å²) in [5, 5.41) is 11.3. The number of benzene rings is 2. The lowest BCUT2D eigenvalue weighted by atomic mass is 10.2. The van der Waals surface area contributed by atoms with Crippen molar-refractivity contribution in [1.82, 2.24) is 15.2 Å².